The molecule has 1 aromatic heterocycles. The molecule has 0 aliphatic rings. The molecule has 0 aliphatic heterocycles. The fourth-order valence-corrected chi connectivity index (χ4v) is 3.97. The van der Waals surface area contributed by atoms with Gasteiger partial charge in [-0.05, 0) is 59.7 Å². The van der Waals surface area contributed by atoms with Crippen molar-refractivity contribution in [3.8, 4) is 22.9 Å². The van der Waals surface area contributed by atoms with E-state index < -0.39 is 0 Å². The van der Waals surface area contributed by atoms with Gasteiger partial charge in [0.05, 0.1) is 22.7 Å². The quantitative estimate of drug-likeness (QED) is 0.326. The van der Waals surface area contributed by atoms with E-state index in [1.807, 2.05) is 42.5 Å². The fraction of sp³-hybridized carbons (Fsp3) is 0. The molecule has 3 heteroatoms. The zero-order chi connectivity index (χ0) is 19.1. The summed E-state index contributed by atoms with van der Waals surface area (Å²) < 4.78 is 2.25. The molecule has 0 N–H and O–H groups in total. The van der Waals surface area contributed by atoms with E-state index >= 15 is 0 Å². The maximum Gasteiger partial charge on any atom is 0.0991 e. The Morgan fingerprint density at radius 2 is 1.43 bits per heavy atom. The average molecular weight is 379 g/mol. The topological polar surface area (TPSA) is 28.7 Å². The summed E-state index contributed by atoms with van der Waals surface area (Å²) >= 11 is 6.20. The van der Waals surface area contributed by atoms with Crippen LogP contribution < -0.4 is 0 Å². The zero-order valence-corrected chi connectivity index (χ0v) is 15.7. The minimum absolute atomic E-state index is 0.657. The van der Waals surface area contributed by atoms with Gasteiger partial charge in [0.25, 0.3) is 0 Å². The molecule has 2 nitrogen and oxygen atoms in total. The van der Waals surface area contributed by atoms with E-state index in [1.165, 1.54) is 10.8 Å². The SMILES string of the molecule is N#Cc1ccc(-n2c3ccccc3c3ccc(-c4cccc(Cl)c4)cc32)cc1. The molecule has 5 rings (SSSR count). The van der Waals surface area contributed by atoms with Crippen LogP contribution in [0.25, 0.3) is 38.6 Å². The lowest BCUT2D eigenvalue weighted by molar-refractivity contribution is 1.18. The van der Waals surface area contributed by atoms with Crippen molar-refractivity contribution in [2.24, 2.45) is 0 Å². The third-order valence-corrected chi connectivity index (χ3v) is 5.32. The van der Waals surface area contributed by atoms with E-state index in [4.69, 9.17) is 16.9 Å². The minimum atomic E-state index is 0.657. The van der Waals surface area contributed by atoms with Gasteiger partial charge in [0, 0.05) is 21.5 Å². The summed E-state index contributed by atoms with van der Waals surface area (Å²) in [6.45, 7) is 0. The Bertz CT molecular complexity index is 1370. The first-order valence-corrected chi connectivity index (χ1v) is 9.42. The van der Waals surface area contributed by atoms with Crippen molar-refractivity contribution in [3.05, 3.63) is 102 Å². The number of nitriles is 1. The smallest absolute Gasteiger partial charge is 0.0991 e. The van der Waals surface area contributed by atoms with E-state index in [0.29, 0.717) is 5.56 Å². The van der Waals surface area contributed by atoms with Crippen molar-refractivity contribution >= 4 is 33.4 Å². The summed E-state index contributed by atoms with van der Waals surface area (Å²) in [5.74, 6) is 0. The van der Waals surface area contributed by atoms with E-state index in [0.717, 1.165) is 32.9 Å². The first-order chi connectivity index (χ1) is 13.7. The highest BCUT2D eigenvalue weighted by molar-refractivity contribution is 6.30. The van der Waals surface area contributed by atoms with Gasteiger partial charge < -0.3 is 4.57 Å². The van der Waals surface area contributed by atoms with E-state index in [-0.39, 0.29) is 0 Å². The summed E-state index contributed by atoms with van der Waals surface area (Å²) in [6, 6.07) is 32.7. The van der Waals surface area contributed by atoms with Crippen molar-refractivity contribution in [3.63, 3.8) is 0 Å². The normalized spacial score (nSPS) is 11.0. The Morgan fingerprint density at radius 3 is 2.21 bits per heavy atom. The second-order valence-electron chi connectivity index (χ2n) is 6.75. The van der Waals surface area contributed by atoms with Crippen LogP contribution in [0.2, 0.25) is 5.02 Å². The van der Waals surface area contributed by atoms with Crippen LogP contribution in [0.5, 0.6) is 0 Å². The Kier molecular flexibility index (Phi) is 3.90. The van der Waals surface area contributed by atoms with Crippen molar-refractivity contribution in [2.45, 2.75) is 0 Å². The zero-order valence-electron chi connectivity index (χ0n) is 14.9. The summed E-state index contributed by atoms with van der Waals surface area (Å²) in [6.07, 6.45) is 0. The van der Waals surface area contributed by atoms with Gasteiger partial charge in [-0.15, -0.1) is 0 Å². The van der Waals surface area contributed by atoms with E-state index in [9.17, 15) is 0 Å². The highest BCUT2D eigenvalue weighted by atomic mass is 35.5. The van der Waals surface area contributed by atoms with Crippen LogP contribution >= 0.6 is 11.6 Å². The Balaban J connectivity index is 1.82. The van der Waals surface area contributed by atoms with Crippen molar-refractivity contribution < 1.29 is 0 Å². The van der Waals surface area contributed by atoms with Crippen LogP contribution in [0, 0.1) is 11.3 Å². The lowest BCUT2D eigenvalue weighted by Gasteiger charge is -2.09. The molecule has 0 fully saturated rings. The molecule has 0 saturated carbocycles. The number of benzene rings is 4. The third-order valence-electron chi connectivity index (χ3n) is 5.09. The number of hydrogen-bond acceptors (Lipinski definition) is 1. The van der Waals surface area contributed by atoms with Gasteiger partial charge in [0.1, 0.15) is 0 Å². The minimum Gasteiger partial charge on any atom is -0.309 e. The number of aromatic nitrogens is 1. The Labute approximate surface area is 167 Å². The largest absolute Gasteiger partial charge is 0.309 e. The van der Waals surface area contributed by atoms with Gasteiger partial charge in [-0.2, -0.15) is 5.26 Å². The van der Waals surface area contributed by atoms with Crippen LogP contribution in [0.1, 0.15) is 5.56 Å². The van der Waals surface area contributed by atoms with Crippen molar-refractivity contribution in [1.82, 2.24) is 4.57 Å². The number of para-hydroxylation sites is 1. The standard InChI is InChI=1S/C25H15ClN2/c26-20-5-3-4-18(14-20)19-10-13-23-22-6-1-2-7-24(22)28(25(23)15-19)21-11-8-17(16-27)9-12-21/h1-15H. The number of fused-ring (bicyclic) bond motifs is 3. The van der Waals surface area contributed by atoms with E-state index in [1.54, 1.807) is 0 Å². The molecule has 132 valence electrons. The van der Waals surface area contributed by atoms with Crippen LogP contribution in [0.4, 0.5) is 0 Å². The molecule has 1 heterocycles. The second kappa shape index (κ2) is 6.56. The number of hydrogen-bond donors (Lipinski definition) is 0. The van der Waals surface area contributed by atoms with Crippen LogP contribution in [0.15, 0.2) is 91.0 Å². The molecule has 5 aromatic rings. The summed E-state index contributed by atoms with van der Waals surface area (Å²) in [5.41, 5.74) is 6.17. The lowest BCUT2D eigenvalue weighted by Crippen LogP contribution is -1.94. The van der Waals surface area contributed by atoms with Crippen LogP contribution in [-0.4, -0.2) is 4.57 Å². The van der Waals surface area contributed by atoms with Crippen LogP contribution in [0.3, 0.4) is 0 Å². The maximum absolute atomic E-state index is 9.12. The number of halogens is 1. The molecule has 0 atom stereocenters. The molecule has 4 aromatic carbocycles. The lowest BCUT2D eigenvalue weighted by atomic mass is 10.0. The third kappa shape index (κ3) is 2.65. The van der Waals surface area contributed by atoms with Gasteiger partial charge in [-0.1, -0.05) is 54.1 Å². The van der Waals surface area contributed by atoms with Crippen molar-refractivity contribution in [1.29, 1.82) is 5.26 Å². The molecule has 0 amide bonds. The Morgan fingerprint density at radius 1 is 0.679 bits per heavy atom. The van der Waals surface area contributed by atoms with Gasteiger partial charge in [-0.25, -0.2) is 0 Å². The average Bonchev–Trinajstić information content (AvgIpc) is 3.07. The van der Waals surface area contributed by atoms with Gasteiger partial charge in [0.15, 0.2) is 0 Å². The molecular formula is C25H15ClN2. The first kappa shape index (κ1) is 16.6. The predicted octanol–water partition coefficient (Wildman–Crippen LogP) is 6.98. The molecule has 0 spiro atoms. The monoisotopic (exact) mass is 378 g/mol. The highest BCUT2D eigenvalue weighted by Crippen LogP contribution is 2.35. The van der Waals surface area contributed by atoms with Gasteiger partial charge >= 0.3 is 0 Å². The van der Waals surface area contributed by atoms with Crippen LogP contribution in [-0.2, 0) is 0 Å². The van der Waals surface area contributed by atoms with E-state index in [2.05, 4.69) is 59.2 Å². The van der Waals surface area contributed by atoms with Gasteiger partial charge in [0.2, 0.25) is 0 Å². The summed E-state index contributed by atoms with van der Waals surface area (Å²) in [5, 5.41) is 12.3. The number of nitrogens with zero attached hydrogens (tertiary/aromatic N) is 2. The summed E-state index contributed by atoms with van der Waals surface area (Å²) in [7, 11) is 0. The second-order valence-corrected chi connectivity index (χ2v) is 7.19. The molecule has 0 bridgehead atoms. The molecule has 0 unspecified atom stereocenters. The molecule has 28 heavy (non-hydrogen) atoms. The molecule has 0 aliphatic carbocycles. The fourth-order valence-electron chi connectivity index (χ4n) is 3.78. The highest BCUT2D eigenvalue weighted by Gasteiger charge is 2.13. The molecule has 0 radical (unpaired) electrons. The summed E-state index contributed by atoms with van der Waals surface area (Å²) in [4.78, 5) is 0. The maximum atomic E-state index is 9.12. The Hall–Kier alpha value is -3.54. The van der Waals surface area contributed by atoms with Gasteiger partial charge in [-0.3, -0.25) is 0 Å². The predicted molar refractivity (Wildman–Crippen MR) is 116 cm³/mol. The molecule has 0 saturated heterocycles. The molecular weight excluding hydrogens is 364 g/mol. The van der Waals surface area contributed by atoms with Crippen molar-refractivity contribution in [2.75, 3.05) is 0 Å². The first-order valence-electron chi connectivity index (χ1n) is 9.04. The number of rotatable bonds is 2.